The van der Waals surface area contributed by atoms with Crippen molar-refractivity contribution in [3.05, 3.63) is 29.8 Å². The number of methoxy groups -OCH3 is 1. The zero-order valence-corrected chi connectivity index (χ0v) is 10.2. The molecule has 0 aromatic heterocycles. The summed E-state index contributed by atoms with van der Waals surface area (Å²) in [6.45, 7) is 4.03. The summed E-state index contributed by atoms with van der Waals surface area (Å²) in [6.07, 6.45) is 1.30. The summed E-state index contributed by atoms with van der Waals surface area (Å²) in [4.78, 5) is 0. The highest BCUT2D eigenvalue weighted by Gasteiger charge is 2.20. The molecule has 16 heavy (non-hydrogen) atoms. The Labute approximate surface area is 97.0 Å². The summed E-state index contributed by atoms with van der Waals surface area (Å²) in [5.74, 6) is 0.776. The van der Waals surface area contributed by atoms with E-state index < -0.39 is 5.60 Å². The van der Waals surface area contributed by atoms with E-state index in [1.165, 1.54) is 0 Å². The van der Waals surface area contributed by atoms with Crippen molar-refractivity contribution in [2.24, 2.45) is 0 Å². The SMILES string of the molecule is CCC(C)(O)Cc1ccccc1OCOC. The van der Waals surface area contributed by atoms with E-state index in [1.807, 2.05) is 38.1 Å². The molecule has 3 heteroatoms. The Kier molecular flexibility index (Phi) is 4.77. The van der Waals surface area contributed by atoms with Crippen molar-refractivity contribution in [1.29, 1.82) is 0 Å². The Bertz CT molecular complexity index is 321. The predicted molar refractivity (Wildman–Crippen MR) is 63.6 cm³/mol. The van der Waals surface area contributed by atoms with Crippen LogP contribution in [0.4, 0.5) is 0 Å². The van der Waals surface area contributed by atoms with Crippen LogP contribution in [-0.2, 0) is 11.2 Å². The van der Waals surface area contributed by atoms with Gasteiger partial charge in [0.1, 0.15) is 5.75 Å². The van der Waals surface area contributed by atoms with Crippen LogP contribution >= 0.6 is 0 Å². The topological polar surface area (TPSA) is 38.7 Å². The van der Waals surface area contributed by atoms with Crippen LogP contribution < -0.4 is 4.74 Å². The summed E-state index contributed by atoms with van der Waals surface area (Å²) in [5.41, 5.74) is 0.318. The van der Waals surface area contributed by atoms with E-state index in [9.17, 15) is 5.11 Å². The van der Waals surface area contributed by atoms with Gasteiger partial charge in [-0.2, -0.15) is 0 Å². The lowest BCUT2D eigenvalue weighted by molar-refractivity contribution is 0.0427. The smallest absolute Gasteiger partial charge is 0.188 e. The van der Waals surface area contributed by atoms with Crippen LogP contribution in [0.1, 0.15) is 25.8 Å². The molecule has 0 bridgehead atoms. The molecular weight excluding hydrogens is 204 g/mol. The van der Waals surface area contributed by atoms with Gasteiger partial charge in [0.25, 0.3) is 0 Å². The second-order valence-electron chi connectivity index (χ2n) is 4.19. The van der Waals surface area contributed by atoms with Gasteiger partial charge in [0.15, 0.2) is 6.79 Å². The molecule has 0 heterocycles. The molecule has 1 atom stereocenters. The van der Waals surface area contributed by atoms with Crippen molar-refractivity contribution >= 4 is 0 Å². The lowest BCUT2D eigenvalue weighted by Gasteiger charge is -2.22. The molecule has 1 rings (SSSR count). The second-order valence-corrected chi connectivity index (χ2v) is 4.19. The number of rotatable bonds is 6. The van der Waals surface area contributed by atoms with Gasteiger partial charge in [-0.25, -0.2) is 0 Å². The third kappa shape index (κ3) is 3.83. The Morgan fingerprint density at radius 1 is 1.31 bits per heavy atom. The van der Waals surface area contributed by atoms with Gasteiger partial charge in [-0.15, -0.1) is 0 Å². The largest absolute Gasteiger partial charge is 0.467 e. The highest BCUT2D eigenvalue weighted by atomic mass is 16.7. The molecule has 3 nitrogen and oxygen atoms in total. The van der Waals surface area contributed by atoms with Crippen LogP contribution in [0.2, 0.25) is 0 Å². The molecule has 0 aliphatic rings. The molecule has 0 fully saturated rings. The van der Waals surface area contributed by atoms with Gasteiger partial charge in [-0.1, -0.05) is 25.1 Å². The zero-order chi connectivity index (χ0) is 12.0. The summed E-state index contributed by atoms with van der Waals surface area (Å²) in [7, 11) is 1.59. The van der Waals surface area contributed by atoms with Gasteiger partial charge in [-0.05, 0) is 25.0 Å². The molecular formula is C13H20O3. The number of para-hydroxylation sites is 1. The van der Waals surface area contributed by atoms with E-state index in [1.54, 1.807) is 7.11 Å². The van der Waals surface area contributed by atoms with E-state index >= 15 is 0 Å². The van der Waals surface area contributed by atoms with Gasteiger partial charge < -0.3 is 14.6 Å². The Morgan fingerprint density at radius 3 is 2.62 bits per heavy atom. The lowest BCUT2D eigenvalue weighted by atomic mass is 9.93. The molecule has 1 aromatic carbocycles. The first-order valence-electron chi connectivity index (χ1n) is 5.51. The van der Waals surface area contributed by atoms with E-state index in [0.29, 0.717) is 12.8 Å². The number of aliphatic hydroxyl groups is 1. The van der Waals surface area contributed by atoms with E-state index in [2.05, 4.69) is 0 Å². The molecule has 0 aliphatic carbocycles. The fourth-order valence-electron chi connectivity index (χ4n) is 1.45. The van der Waals surface area contributed by atoms with Crippen LogP contribution in [-0.4, -0.2) is 24.6 Å². The van der Waals surface area contributed by atoms with Crippen LogP contribution in [0.5, 0.6) is 5.75 Å². The summed E-state index contributed by atoms with van der Waals surface area (Å²) in [6, 6.07) is 7.71. The van der Waals surface area contributed by atoms with E-state index in [-0.39, 0.29) is 6.79 Å². The minimum Gasteiger partial charge on any atom is -0.467 e. The van der Waals surface area contributed by atoms with Crippen molar-refractivity contribution in [1.82, 2.24) is 0 Å². The van der Waals surface area contributed by atoms with Crippen molar-refractivity contribution in [2.45, 2.75) is 32.3 Å². The minimum atomic E-state index is -0.688. The molecule has 1 N–H and O–H groups in total. The Hall–Kier alpha value is -1.06. The molecule has 0 saturated carbocycles. The monoisotopic (exact) mass is 224 g/mol. The van der Waals surface area contributed by atoms with Crippen molar-refractivity contribution in [2.75, 3.05) is 13.9 Å². The van der Waals surface area contributed by atoms with Gasteiger partial charge >= 0.3 is 0 Å². The zero-order valence-electron chi connectivity index (χ0n) is 10.2. The molecule has 90 valence electrons. The van der Waals surface area contributed by atoms with E-state index in [0.717, 1.165) is 11.3 Å². The fraction of sp³-hybridized carbons (Fsp3) is 0.538. The third-order valence-electron chi connectivity index (χ3n) is 2.64. The molecule has 0 aliphatic heterocycles. The normalized spacial score (nSPS) is 14.5. The number of hydrogen-bond donors (Lipinski definition) is 1. The molecule has 1 aromatic rings. The molecule has 1 unspecified atom stereocenters. The van der Waals surface area contributed by atoms with Crippen molar-refractivity contribution in [3.63, 3.8) is 0 Å². The first-order chi connectivity index (χ1) is 7.59. The average molecular weight is 224 g/mol. The second kappa shape index (κ2) is 5.87. The summed E-state index contributed by atoms with van der Waals surface area (Å²) < 4.78 is 10.3. The lowest BCUT2D eigenvalue weighted by Crippen LogP contribution is -2.26. The quantitative estimate of drug-likeness (QED) is 0.754. The Morgan fingerprint density at radius 2 is 2.00 bits per heavy atom. The third-order valence-corrected chi connectivity index (χ3v) is 2.64. The Balaban J connectivity index is 2.78. The molecule has 0 amide bonds. The van der Waals surface area contributed by atoms with Crippen molar-refractivity contribution < 1.29 is 14.6 Å². The van der Waals surface area contributed by atoms with Crippen LogP contribution in [0.15, 0.2) is 24.3 Å². The average Bonchev–Trinajstić information content (AvgIpc) is 2.27. The highest BCUT2D eigenvalue weighted by molar-refractivity contribution is 5.34. The first kappa shape index (κ1) is 13.0. The summed E-state index contributed by atoms with van der Waals surface area (Å²) >= 11 is 0. The number of hydrogen-bond acceptors (Lipinski definition) is 3. The van der Waals surface area contributed by atoms with Crippen molar-refractivity contribution in [3.8, 4) is 5.75 Å². The van der Waals surface area contributed by atoms with Crippen LogP contribution in [0, 0.1) is 0 Å². The van der Waals surface area contributed by atoms with Gasteiger partial charge in [0.05, 0.1) is 5.60 Å². The van der Waals surface area contributed by atoms with Gasteiger partial charge in [0, 0.05) is 13.5 Å². The molecule has 0 radical (unpaired) electrons. The van der Waals surface area contributed by atoms with E-state index in [4.69, 9.17) is 9.47 Å². The summed E-state index contributed by atoms with van der Waals surface area (Å²) in [5, 5.41) is 10.0. The number of ether oxygens (including phenoxy) is 2. The minimum absolute atomic E-state index is 0.227. The molecule has 0 saturated heterocycles. The van der Waals surface area contributed by atoms with Crippen LogP contribution in [0.3, 0.4) is 0 Å². The maximum Gasteiger partial charge on any atom is 0.188 e. The maximum atomic E-state index is 10.0. The predicted octanol–water partition coefficient (Wildman–Crippen LogP) is 2.37. The van der Waals surface area contributed by atoms with Gasteiger partial charge in [-0.3, -0.25) is 0 Å². The fourth-order valence-corrected chi connectivity index (χ4v) is 1.45. The standard InChI is InChI=1S/C13H20O3/c1-4-13(2,14)9-11-7-5-6-8-12(11)16-10-15-3/h5-8,14H,4,9-10H2,1-3H3. The van der Waals surface area contributed by atoms with Gasteiger partial charge in [0.2, 0.25) is 0 Å². The molecule has 0 spiro atoms. The first-order valence-corrected chi connectivity index (χ1v) is 5.51. The van der Waals surface area contributed by atoms with Crippen LogP contribution in [0.25, 0.3) is 0 Å². The maximum absolute atomic E-state index is 10.0. The highest BCUT2D eigenvalue weighted by Crippen LogP contribution is 2.24. The number of benzene rings is 1.